The first-order chi connectivity index (χ1) is 6.25. The van der Waals surface area contributed by atoms with Gasteiger partial charge in [0.2, 0.25) is 0 Å². The molecule has 0 aliphatic heterocycles. The lowest BCUT2D eigenvalue weighted by Crippen LogP contribution is -2.08. The Hall–Kier alpha value is -0.850. The second kappa shape index (κ2) is 5.00. The molecule has 0 atom stereocenters. The van der Waals surface area contributed by atoms with E-state index in [-0.39, 0.29) is 5.78 Å². The van der Waals surface area contributed by atoms with Gasteiger partial charge in [0.05, 0.1) is 0 Å². The molecular formula is C12H18O. The van der Waals surface area contributed by atoms with Gasteiger partial charge in [0.15, 0.2) is 5.78 Å². The maximum atomic E-state index is 11.5. The van der Waals surface area contributed by atoms with Crippen molar-refractivity contribution in [3.05, 3.63) is 24.8 Å². The van der Waals surface area contributed by atoms with Gasteiger partial charge < -0.3 is 0 Å². The zero-order chi connectivity index (χ0) is 9.68. The van der Waals surface area contributed by atoms with Gasteiger partial charge in [-0.2, -0.15) is 0 Å². The fraction of sp³-hybridized carbons (Fsp3) is 0.583. The van der Waals surface area contributed by atoms with E-state index in [9.17, 15) is 4.79 Å². The van der Waals surface area contributed by atoms with E-state index in [0.29, 0.717) is 12.3 Å². The van der Waals surface area contributed by atoms with Crippen LogP contribution in [0.5, 0.6) is 0 Å². The molecule has 1 nitrogen and oxygen atoms in total. The fourth-order valence-corrected chi connectivity index (χ4v) is 1.90. The molecule has 1 rings (SSSR count). The number of hydrogen-bond acceptors (Lipinski definition) is 1. The molecule has 0 aromatic carbocycles. The molecule has 1 aliphatic carbocycles. The molecule has 72 valence electrons. The Morgan fingerprint density at radius 3 is 2.54 bits per heavy atom. The van der Waals surface area contributed by atoms with Gasteiger partial charge in [-0.25, -0.2) is 0 Å². The third-order valence-corrected chi connectivity index (χ3v) is 2.78. The maximum absolute atomic E-state index is 11.5. The average Bonchev–Trinajstić information content (AvgIpc) is 2.65. The molecule has 1 saturated carbocycles. The summed E-state index contributed by atoms with van der Waals surface area (Å²) in [4.78, 5) is 11.5. The zero-order valence-corrected chi connectivity index (χ0v) is 8.22. The summed E-state index contributed by atoms with van der Waals surface area (Å²) in [6, 6.07) is 0. The fourth-order valence-electron chi connectivity index (χ4n) is 1.90. The molecule has 1 heteroatoms. The van der Waals surface area contributed by atoms with Crippen LogP contribution in [-0.2, 0) is 4.79 Å². The van der Waals surface area contributed by atoms with Crippen molar-refractivity contribution >= 4 is 5.78 Å². The van der Waals surface area contributed by atoms with E-state index in [1.54, 1.807) is 6.08 Å². The third-order valence-electron chi connectivity index (χ3n) is 2.78. The molecule has 0 amide bonds. The van der Waals surface area contributed by atoms with Gasteiger partial charge in [-0.15, -0.1) is 6.58 Å². The van der Waals surface area contributed by atoms with Gasteiger partial charge in [-0.05, 0) is 30.8 Å². The molecule has 0 aromatic rings. The highest BCUT2D eigenvalue weighted by molar-refractivity contribution is 5.95. The number of ketones is 1. The Balaban J connectivity index is 2.36. The minimum absolute atomic E-state index is 0.242. The number of allylic oxidation sites excluding steroid dienone is 2. The molecule has 0 spiro atoms. The van der Waals surface area contributed by atoms with Crippen LogP contribution in [0.15, 0.2) is 24.8 Å². The summed E-state index contributed by atoms with van der Waals surface area (Å²) in [6.07, 6.45) is 8.03. The monoisotopic (exact) mass is 178 g/mol. The number of carbonyl (C=O) groups excluding carboxylic acids is 1. The van der Waals surface area contributed by atoms with Crippen LogP contribution in [0.1, 0.15) is 38.5 Å². The Labute approximate surface area is 80.5 Å². The largest absolute Gasteiger partial charge is 0.295 e. The lowest BCUT2D eigenvalue weighted by molar-refractivity contribution is -0.116. The predicted molar refractivity (Wildman–Crippen MR) is 55.5 cm³/mol. The molecule has 0 aromatic heterocycles. The summed E-state index contributed by atoms with van der Waals surface area (Å²) < 4.78 is 0. The summed E-state index contributed by atoms with van der Waals surface area (Å²) in [7, 11) is 0. The first-order valence-electron chi connectivity index (χ1n) is 5.08. The molecule has 0 heterocycles. The second-order valence-corrected chi connectivity index (χ2v) is 3.76. The Morgan fingerprint density at radius 1 is 1.38 bits per heavy atom. The molecule has 0 N–H and O–H groups in total. The smallest absolute Gasteiger partial charge is 0.158 e. The molecule has 0 saturated heterocycles. The summed E-state index contributed by atoms with van der Waals surface area (Å²) in [5.74, 6) is 0.726. The average molecular weight is 178 g/mol. The predicted octanol–water partition coefficient (Wildman–Crippen LogP) is 3.27. The molecule has 0 radical (unpaired) electrons. The summed E-state index contributed by atoms with van der Waals surface area (Å²) in [5.41, 5.74) is 0.861. The lowest BCUT2D eigenvalue weighted by Gasteiger charge is -2.10. The van der Waals surface area contributed by atoms with E-state index in [4.69, 9.17) is 0 Å². The van der Waals surface area contributed by atoms with Crippen molar-refractivity contribution < 1.29 is 4.79 Å². The van der Waals surface area contributed by atoms with Gasteiger partial charge in [0, 0.05) is 6.42 Å². The maximum Gasteiger partial charge on any atom is 0.158 e. The Morgan fingerprint density at radius 2 is 2.00 bits per heavy atom. The van der Waals surface area contributed by atoms with Crippen LogP contribution < -0.4 is 0 Å². The normalized spacial score (nSPS) is 17.2. The van der Waals surface area contributed by atoms with Gasteiger partial charge in [-0.3, -0.25) is 4.79 Å². The van der Waals surface area contributed by atoms with Gasteiger partial charge >= 0.3 is 0 Å². The van der Waals surface area contributed by atoms with Crippen LogP contribution in [0.2, 0.25) is 0 Å². The van der Waals surface area contributed by atoms with Crippen LogP contribution in [-0.4, -0.2) is 5.78 Å². The van der Waals surface area contributed by atoms with E-state index >= 15 is 0 Å². The van der Waals surface area contributed by atoms with E-state index in [0.717, 1.165) is 12.0 Å². The molecule has 1 aliphatic rings. The number of Topliss-reactive ketones (excluding diaryl/α,β-unsaturated/α-hetero) is 1. The third kappa shape index (κ3) is 2.83. The lowest BCUT2D eigenvalue weighted by atomic mass is 9.93. The van der Waals surface area contributed by atoms with Gasteiger partial charge in [0.25, 0.3) is 0 Å². The van der Waals surface area contributed by atoms with Crippen molar-refractivity contribution in [3.8, 4) is 0 Å². The van der Waals surface area contributed by atoms with E-state index in [2.05, 4.69) is 13.2 Å². The highest BCUT2D eigenvalue weighted by Crippen LogP contribution is 2.31. The highest BCUT2D eigenvalue weighted by atomic mass is 16.1. The minimum atomic E-state index is 0.242. The van der Waals surface area contributed by atoms with Crippen LogP contribution >= 0.6 is 0 Å². The quantitative estimate of drug-likeness (QED) is 0.466. The van der Waals surface area contributed by atoms with E-state index in [1.165, 1.54) is 25.7 Å². The molecular weight excluding hydrogens is 160 g/mol. The zero-order valence-electron chi connectivity index (χ0n) is 8.22. The summed E-state index contributed by atoms with van der Waals surface area (Å²) >= 11 is 0. The minimum Gasteiger partial charge on any atom is -0.295 e. The van der Waals surface area contributed by atoms with Crippen molar-refractivity contribution in [3.63, 3.8) is 0 Å². The van der Waals surface area contributed by atoms with Crippen LogP contribution in [0, 0.1) is 5.92 Å². The molecule has 13 heavy (non-hydrogen) atoms. The van der Waals surface area contributed by atoms with Crippen molar-refractivity contribution in [2.24, 2.45) is 5.92 Å². The molecule has 0 unspecified atom stereocenters. The number of rotatable bonds is 5. The highest BCUT2D eigenvalue weighted by Gasteiger charge is 2.21. The van der Waals surface area contributed by atoms with Gasteiger partial charge in [0.1, 0.15) is 0 Å². The van der Waals surface area contributed by atoms with Crippen molar-refractivity contribution in [2.75, 3.05) is 0 Å². The molecule has 1 fully saturated rings. The van der Waals surface area contributed by atoms with Crippen molar-refractivity contribution in [1.29, 1.82) is 0 Å². The van der Waals surface area contributed by atoms with Crippen LogP contribution in [0.3, 0.4) is 0 Å². The first-order valence-corrected chi connectivity index (χ1v) is 5.08. The Kier molecular flexibility index (Phi) is 3.94. The van der Waals surface area contributed by atoms with Crippen molar-refractivity contribution in [1.82, 2.24) is 0 Å². The standard InChI is InChI=1S/C12H18O/c1-3-4-9-12(13)10(2)11-7-5-6-8-11/h3,11H,1-2,4-9H2. The SMILES string of the molecule is C=CCCC(=O)C(=C)C1CCCC1. The second-order valence-electron chi connectivity index (χ2n) is 3.76. The van der Waals surface area contributed by atoms with E-state index in [1.807, 2.05) is 0 Å². The summed E-state index contributed by atoms with van der Waals surface area (Å²) in [5, 5.41) is 0. The summed E-state index contributed by atoms with van der Waals surface area (Å²) in [6.45, 7) is 7.51. The van der Waals surface area contributed by atoms with Crippen molar-refractivity contribution in [2.45, 2.75) is 38.5 Å². The van der Waals surface area contributed by atoms with Crippen LogP contribution in [0.25, 0.3) is 0 Å². The molecule has 0 bridgehead atoms. The van der Waals surface area contributed by atoms with Crippen LogP contribution in [0.4, 0.5) is 0 Å². The van der Waals surface area contributed by atoms with Gasteiger partial charge in [-0.1, -0.05) is 25.5 Å². The Bertz CT molecular complexity index is 209. The number of hydrogen-bond donors (Lipinski definition) is 0. The van der Waals surface area contributed by atoms with E-state index < -0.39 is 0 Å². The topological polar surface area (TPSA) is 17.1 Å². The number of carbonyl (C=O) groups is 1. The first kappa shape index (κ1) is 10.2.